The van der Waals surface area contributed by atoms with Gasteiger partial charge in [0.15, 0.2) is 5.82 Å². The highest BCUT2D eigenvalue weighted by Crippen LogP contribution is 2.25. The van der Waals surface area contributed by atoms with Gasteiger partial charge in [-0.15, -0.1) is 0 Å². The summed E-state index contributed by atoms with van der Waals surface area (Å²) in [6.45, 7) is 0. The molecular formula is C18H21FN4O3. The van der Waals surface area contributed by atoms with Crippen molar-refractivity contribution in [2.24, 2.45) is 11.5 Å². The Morgan fingerprint density at radius 1 is 1.46 bits per heavy atom. The highest BCUT2D eigenvalue weighted by atomic mass is 19.1. The number of hydrogen-bond donors (Lipinski definition) is 2. The number of halogens is 1. The SMILES string of the molecule is COc1ccc2ncc(F)c(C=C[C@@H]3CC[C@@H](N)[C@@H](CC(N)=O)O3)c2n1. The Hall–Kier alpha value is -2.58. The van der Waals surface area contributed by atoms with Gasteiger partial charge in [0.1, 0.15) is 5.52 Å². The van der Waals surface area contributed by atoms with E-state index in [-0.39, 0.29) is 18.6 Å². The van der Waals surface area contributed by atoms with Crippen molar-refractivity contribution in [3.8, 4) is 5.88 Å². The number of fused-ring (bicyclic) bond motifs is 1. The maximum absolute atomic E-state index is 14.3. The lowest BCUT2D eigenvalue weighted by Crippen LogP contribution is -2.45. The lowest BCUT2D eigenvalue weighted by atomic mass is 9.96. The molecule has 0 unspecified atom stereocenters. The predicted octanol–water partition coefficient (Wildman–Crippen LogP) is 1.54. The molecule has 3 heterocycles. The molecule has 0 aromatic carbocycles. The molecule has 1 aliphatic rings. The van der Waals surface area contributed by atoms with Gasteiger partial charge in [-0.1, -0.05) is 12.2 Å². The van der Waals surface area contributed by atoms with E-state index in [1.54, 1.807) is 24.3 Å². The first-order valence-corrected chi connectivity index (χ1v) is 8.34. The molecule has 1 amide bonds. The Morgan fingerprint density at radius 3 is 3.00 bits per heavy atom. The number of methoxy groups -OCH3 is 1. The quantitative estimate of drug-likeness (QED) is 0.836. The van der Waals surface area contributed by atoms with Crippen molar-refractivity contribution in [2.75, 3.05) is 7.11 Å². The third kappa shape index (κ3) is 3.97. The van der Waals surface area contributed by atoms with Crippen molar-refractivity contribution in [3.63, 3.8) is 0 Å². The first kappa shape index (κ1) is 18.2. The molecule has 1 fully saturated rings. The molecule has 2 aromatic rings. The number of nitrogens with two attached hydrogens (primary N) is 2. The van der Waals surface area contributed by atoms with Gasteiger partial charge in [-0.2, -0.15) is 0 Å². The van der Waals surface area contributed by atoms with Gasteiger partial charge < -0.3 is 20.9 Å². The van der Waals surface area contributed by atoms with Gasteiger partial charge in [0.05, 0.1) is 37.5 Å². The van der Waals surface area contributed by atoms with Crippen LogP contribution in [0.15, 0.2) is 24.4 Å². The van der Waals surface area contributed by atoms with Crippen LogP contribution in [-0.4, -0.2) is 41.2 Å². The van der Waals surface area contributed by atoms with Crippen LogP contribution in [0.2, 0.25) is 0 Å². The van der Waals surface area contributed by atoms with E-state index in [2.05, 4.69) is 9.97 Å². The molecule has 8 heteroatoms. The van der Waals surface area contributed by atoms with E-state index in [9.17, 15) is 9.18 Å². The van der Waals surface area contributed by atoms with Crippen LogP contribution < -0.4 is 16.2 Å². The largest absolute Gasteiger partial charge is 0.481 e. The zero-order valence-corrected chi connectivity index (χ0v) is 14.4. The van der Waals surface area contributed by atoms with Crippen LogP contribution in [0.1, 0.15) is 24.8 Å². The molecule has 4 N–H and O–H groups in total. The second-order valence-electron chi connectivity index (χ2n) is 6.22. The zero-order valence-electron chi connectivity index (χ0n) is 14.4. The number of primary amides is 1. The summed E-state index contributed by atoms with van der Waals surface area (Å²) in [5, 5.41) is 0. The fourth-order valence-electron chi connectivity index (χ4n) is 3.00. The lowest BCUT2D eigenvalue weighted by molar-refractivity contribution is -0.123. The average molecular weight is 360 g/mol. The first-order chi connectivity index (χ1) is 12.5. The first-order valence-electron chi connectivity index (χ1n) is 8.34. The summed E-state index contributed by atoms with van der Waals surface area (Å²) in [5.41, 5.74) is 12.5. The fourth-order valence-corrected chi connectivity index (χ4v) is 3.00. The number of rotatable bonds is 5. The van der Waals surface area contributed by atoms with Gasteiger partial charge in [0.2, 0.25) is 11.8 Å². The molecule has 0 spiro atoms. The van der Waals surface area contributed by atoms with E-state index in [0.717, 1.165) is 6.20 Å². The van der Waals surface area contributed by atoms with Gasteiger partial charge in [0.25, 0.3) is 0 Å². The van der Waals surface area contributed by atoms with Crippen molar-refractivity contribution < 1.29 is 18.7 Å². The minimum absolute atomic E-state index is 0.0663. The van der Waals surface area contributed by atoms with Gasteiger partial charge in [-0.05, 0) is 18.9 Å². The highest BCUT2D eigenvalue weighted by Gasteiger charge is 2.28. The monoisotopic (exact) mass is 360 g/mol. The molecule has 1 saturated heterocycles. The van der Waals surface area contributed by atoms with Crippen molar-refractivity contribution in [2.45, 2.75) is 37.5 Å². The van der Waals surface area contributed by atoms with Crippen molar-refractivity contribution >= 4 is 23.0 Å². The number of carbonyl (C=O) groups excluding carboxylic acids is 1. The number of carbonyl (C=O) groups is 1. The third-order valence-electron chi connectivity index (χ3n) is 4.38. The van der Waals surface area contributed by atoms with Crippen LogP contribution in [0.3, 0.4) is 0 Å². The second kappa shape index (κ2) is 7.76. The van der Waals surface area contributed by atoms with Gasteiger partial charge in [-0.25, -0.2) is 9.37 Å². The third-order valence-corrected chi connectivity index (χ3v) is 4.38. The molecule has 0 aliphatic carbocycles. The molecule has 3 rings (SSSR count). The van der Waals surface area contributed by atoms with Crippen LogP contribution in [-0.2, 0) is 9.53 Å². The fraction of sp³-hybridized carbons (Fsp3) is 0.389. The van der Waals surface area contributed by atoms with Crippen LogP contribution in [0.25, 0.3) is 17.1 Å². The van der Waals surface area contributed by atoms with Crippen molar-refractivity contribution in [1.29, 1.82) is 0 Å². The number of amides is 1. The van der Waals surface area contributed by atoms with E-state index in [1.165, 1.54) is 7.11 Å². The maximum Gasteiger partial charge on any atom is 0.220 e. The Kier molecular flexibility index (Phi) is 5.43. The second-order valence-corrected chi connectivity index (χ2v) is 6.22. The molecule has 1 aliphatic heterocycles. The minimum Gasteiger partial charge on any atom is -0.481 e. The Morgan fingerprint density at radius 2 is 2.27 bits per heavy atom. The number of pyridine rings is 2. The molecular weight excluding hydrogens is 339 g/mol. The van der Waals surface area contributed by atoms with E-state index >= 15 is 0 Å². The highest BCUT2D eigenvalue weighted by molar-refractivity contribution is 5.84. The van der Waals surface area contributed by atoms with Crippen LogP contribution in [0.5, 0.6) is 5.88 Å². The summed E-state index contributed by atoms with van der Waals surface area (Å²) in [7, 11) is 1.49. The maximum atomic E-state index is 14.3. The zero-order chi connectivity index (χ0) is 18.7. The summed E-state index contributed by atoms with van der Waals surface area (Å²) >= 11 is 0. The van der Waals surface area contributed by atoms with Crippen LogP contribution in [0, 0.1) is 5.82 Å². The Balaban J connectivity index is 1.86. The smallest absolute Gasteiger partial charge is 0.220 e. The molecule has 0 bridgehead atoms. The number of hydrogen-bond acceptors (Lipinski definition) is 6. The Labute approximate surface area is 150 Å². The standard InChI is InChI=1S/C18H21FN4O3/c1-25-17-7-6-14-18(23-17)11(12(19)9-22-14)4-2-10-3-5-13(20)15(26-10)8-16(21)24/h2,4,6-7,9-10,13,15H,3,5,8,20H2,1H3,(H2,21,24)/t10-,13-,15-/m1/s1. The summed E-state index contributed by atoms with van der Waals surface area (Å²) in [5.74, 6) is -0.575. The molecule has 0 saturated carbocycles. The molecule has 7 nitrogen and oxygen atoms in total. The van der Waals surface area contributed by atoms with E-state index in [0.29, 0.717) is 35.3 Å². The molecule has 3 atom stereocenters. The summed E-state index contributed by atoms with van der Waals surface area (Å²) in [6.07, 6.45) is 5.24. The molecule has 0 radical (unpaired) electrons. The topological polar surface area (TPSA) is 113 Å². The number of aromatic nitrogens is 2. The van der Waals surface area contributed by atoms with Crippen LogP contribution >= 0.6 is 0 Å². The van der Waals surface area contributed by atoms with Crippen molar-refractivity contribution in [1.82, 2.24) is 9.97 Å². The van der Waals surface area contributed by atoms with Crippen molar-refractivity contribution in [3.05, 3.63) is 35.8 Å². The minimum atomic E-state index is -0.490. The molecule has 138 valence electrons. The van der Waals surface area contributed by atoms with Gasteiger partial charge in [-0.3, -0.25) is 9.78 Å². The normalized spacial score (nSPS) is 23.4. The van der Waals surface area contributed by atoms with Crippen LogP contribution in [0.4, 0.5) is 4.39 Å². The van der Waals surface area contributed by atoms with E-state index in [4.69, 9.17) is 20.9 Å². The summed E-state index contributed by atoms with van der Waals surface area (Å²) < 4.78 is 25.2. The van der Waals surface area contributed by atoms with E-state index in [1.807, 2.05) is 0 Å². The molecule has 2 aromatic heterocycles. The average Bonchev–Trinajstić information content (AvgIpc) is 2.62. The molecule has 26 heavy (non-hydrogen) atoms. The predicted molar refractivity (Wildman–Crippen MR) is 94.8 cm³/mol. The van der Waals surface area contributed by atoms with Gasteiger partial charge >= 0.3 is 0 Å². The summed E-state index contributed by atoms with van der Waals surface area (Å²) in [6, 6.07) is 3.15. The Bertz CT molecular complexity index is 843. The number of ether oxygens (including phenoxy) is 2. The van der Waals surface area contributed by atoms with Gasteiger partial charge in [0, 0.05) is 17.7 Å². The number of nitrogens with zero attached hydrogens (tertiary/aromatic N) is 2. The summed E-state index contributed by atoms with van der Waals surface area (Å²) in [4.78, 5) is 19.5. The van der Waals surface area contributed by atoms with E-state index < -0.39 is 17.8 Å². The lowest BCUT2D eigenvalue weighted by Gasteiger charge is -2.32.